The molecule has 0 atom stereocenters. The fraction of sp³-hybridized carbons (Fsp3) is 0.286. The Morgan fingerprint density at radius 3 is 3.00 bits per heavy atom. The number of nitrogens with one attached hydrogen (secondary N) is 2. The first-order chi connectivity index (χ1) is 8.81. The van der Waals surface area contributed by atoms with Gasteiger partial charge >= 0.3 is 0 Å². The minimum atomic E-state index is 0.689. The summed E-state index contributed by atoms with van der Waals surface area (Å²) in [6.45, 7) is 4.69. The fourth-order valence-electron chi connectivity index (χ4n) is 2.17. The van der Waals surface area contributed by atoms with Gasteiger partial charge in [-0.25, -0.2) is 9.97 Å². The Bertz CT molecular complexity index is 565. The summed E-state index contributed by atoms with van der Waals surface area (Å²) in [6.07, 6.45) is 1.78. The summed E-state index contributed by atoms with van der Waals surface area (Å²) < 4.78 is 0. The third-order valence-corrected chi connectivity index (χ3v) is 3.15. The largest absolute Gasteiger partial charge is 0.350 e. The molecular formula is C14H16N4. The van der Waals surface area contributed by atoms with Crippen LogP contribution in [0.3, 0.4) is 0 Å². The van der Waals surface area contributed by atoms with Crippen molar-refractivity contribution >= 4 is 5.95 Å². The van der Waals surface area contributed by atoms with Crippen LogP contribution in [0.5, 0.6) is 0 Å². The molecule has 4 nitrogen and oxygen atoms in total. The van der Waals surface area contributed by atoms with Crippen LogP contribution in [0.1, 0.15) is 22.4 Å². The van der Waals surface area contributed by atoms with E-state index in [0.29, 0.717) is 5.95 Å². The maximum atomic E-state index is 4.33. The predicted octanol–water partition coefficient (Wildman–Crippen LogP) is 2.00. The molecule has 1 aliphatic rings. The molecule has 1 aliphatic heterocycles. The van der Waals surface area contributed by atoms with Gasteiger partial charge in [-0.3, -0.25) is 0 Å². The molecule has 92 valence electrons. The van der Waals surface area contributed by atoms with E-state index >= 15 is 0 Å². The van der Waals surface area contributed by atoms with E-state index in [4.69, 9.17) is 0 Å². The fourth-order valence-corrected chi connectivity index (χ4v) is 2.17. The van der Waals surface area contributed by atoms with Crippen molar-refractivity contribution in [3.63, 3.8) is 0 Å². The van der Waals surface area contributed by atoms with Gasteiger partial charge in [0.05, 0.1) is 0 Å². The van der Waals surface area contributed by atoms with Crippen LogP contribution in [0.25, 0.3) is 0 Å². The molecule has 2 heterocycles. The van der Waals surface area contributed by atoms with Crippen molar-refractivity contribution in [2.24, 2.45) is 0 Å². The Kier molecular flexibility index (Phi) is 2.94. The number of nitrogens with zero attached hydrogens (tertiary/aromatic N) is 2. The monoisotopic (exact) mass is 240 g/mol. The van der Waals surface area contributed by atoms with E-state index < -0.39 is 0 Å². The number of aromatic nitrogens is 2. The van der Waals surface area contributed by atoms with Crippen LogP contribution in [-0.4, -0.2) is 9.97 Å². The maximum Gasteiger partial charge on any atom is 0.223 e. The van der Waals surface area contributed by atoms with Gasteiger partial charge in [0, 0.05) is 31.5 Å². The molecule has 4 heteroatoms. The van der Waals surface area contributed by atoms with Crippen molar-refractivity contribution in [3.8, 4) is 0 Å². The average molecular weight is 240 g/mol. The predicted molar refractivity (Wildman–Crippen MR) is 71.1 cm³/mol. The number of rotatable bonds is 3. The molecule has 0 unspecified atom stereocenters. The van der Waals surface area contributed by atoms with Gasteiger partial charge in [-0.05, 0) is 29.7 Å². The SMILES string of the molecule is Cc1ccnc(NCc2ccc3c(c2)CNC3)n1. The van der Waals surface area contributed by atoms with Gasteiger partial charge in [0.25, 0.3) is 0 Å². The van der Waals surface area contributed by atoms with Crippen molar-refractivity contribution in [2.45, 2.75) is 26.6 Å². The molecule has 0 saturated heterocycles. The van der Waals surface area contributed by atoms with E-state index in [2.05, 4.69) is 38.8 Å². The summed E-state index contributed by atoms with van der Waals surface area (Å²) in [4.78, 5) is 8.52. The maximum absolute atomic E-state index is 4.33. The molecule has 3 rings (SSSR count). The summed E-state index contributed by atoms with van der Waals surface area (Å²) in [6, 6.07) is 8.50. The van der Waals surface area contributed by atoms with Crippen molar-refractivity contribution in [2.75, 3.05) is 5.32 Å². The minimum absolute atomic E-state index is 0.689. The average Bonchev–Trinajstić information content (AvgIpc) is 2.84. The van der Waals surface area contributed by atoms with Crippen LogP contribution in [0.4, 0.5) is 5.95 Å². The van der Waals surface area contributed by atoms with Gasteiger partial charge in [0.1, 0.15) is 0 Å². The van der Waals surface area contributed by atoms with Crippen LogP contribution >= 0.6 is 0 Å². The Labute approximate surface area is 106 Å². The quantitative estimate of drug-likeness (QED) is 0.861. The third kappa shape index (κ3) is 2.33. The summed E-state index contributed by atoms with van der Waals surface area (Å²) in [7, 11) is 0. The normalized spacial score (nSPS) is 13.4. The van der Waals surface area contributed by atoms with Crippen molar-refractivity contribution < 1.29 is 0 Å². The molecule has 0 saturated carbocycles. The lowest BCUT2D eigenvalue weighted by Crippen LogP contribution is -2.04. The summed E-state index contributed by atoms with van der Waals surface area (Å²) >= 11 is 0. The van der Waals surface area contributed by atoms with Gasteiger partial charge in [0.15, 0.2) is 0 Å². The second-order valence-corrected chi connectivity index (χ2v) is 4.58. The summed E-state index contributed by atoms with van der Waals surface area (Å²) in [5.41, 5.74) is 5.05. The zero-order valence-corrected chi connectivity index (χ0v) is 10.4. The molecule has 0 fully saturated rings. The third-order valence-electron chi connectivity index (χ3n) is 3.15. The zero-order chi connectivity index (χ0) is 12.4. The molecule has 0 aliphatic carbocycles. The topological polar surface area (TPSA) is 49.8 Å². The van der Waals surface area contributed by atoms with E-state index in [1.807, 2.05) is 13.0 Å². The number of fused-ring (bicyclic) bond motifs is 1. The lowest BCUT2D eigenvalue weighted by atomic mass is 10.1. The number of hydrogen-bond donors (Lipinski definition) is 2. The Hall–Kier alpha value is -1.94. The Balaban J connectivity index is 1.70. The number of anilines is 1. The molecule has 18 heavy (non-hydrogen) atoms. The van der Waals surface area contributed by atoms with Gasteiger partial charge in [0.2, 0.25) is 5.95 Å². The molecule has 0 spiro atoms. The van der Waals surface area contributed by atoms with Crippen LogP contribution < -0.4 is 10.6 Å². The van der Waals surface area contributed by atoms with Gasteiger partial charge in [-0.1, -0.05) is 18.2 Å². The highest BCUT2D eigenvalue weighted by Gasteiger charge is 2.09. The second kappa shape index (κ2) is 4.74. The molecule has 0 bridgehead atoms. The molecule has 1 aromatic heterocycles. The Morgan fingerprint density at radius 1 is 1.22 bits per heavy atom. The van der Waals surface area contributed by atoms with Crippen molar-refractivity contribution in [3.05, 3.63) is 52.8 Å². The number of aryl methyl sites for hydroxylation is 1. The number of benzene rings is 1. The summed E-state index contributed by atoms with van der Waals surface area (Å²) in [5, 5.41) is 6.60. The first-order valence-corrected chi connectivity index (χ1v) is 6.16. The lowest BCUT2D eigenvalue weighted by molar-refractivity contribution is 0.764. The van der Waals surface area contributed by atoms with E-state index in [9.17, 15) is 0 Å². The minimum Gasteiger partial charge on any atom is -0.350 e. The standard InChI is InChI=1S/C14H16N4/c1-10-4-5-16-14(18-10)17-7-11-2-3-12-8-15-9-13(12)6-11/h2-6,15H,7-9H2,1H3,(H,16,17,18). The lowest BCUT2D eigenvalue weighted by Gasteiger charge is -2.07. The molecular weight excluding hydrogens is 224 g/mol. The van der Waals surface area contributed by atoms with Gasteiger partial charge < -0.3 is 10.6 Å². The van der Waals surface area contributed by atoms with Gasteiger partial charge in [-0.15, -0.1) is 0 Å². The smallest absolute Gasteiger partial charge is 0.223 e. The van der Waals surface area contributed by atoms with Crippen LogP contribution in [0, 0.1) is 6.92 Å². The number of hydrogen-bond acceptors (Lipinski definition) is 4. The molecule has 0 amide bonds. The molecule has 0 radical (unpaired) electrons. The zero-order valence-electron chi connectivity index (χ0n) is 10.4. The van der Waals surface area contributed by atoms with E-state index in [1.165, 1.54) is 16.7 Å². The second-order valence-electron chi connectivity index (χ2n) is 4.58. The van der Waals surface area contributed by atoms with Crippen LogP contribution in [0.2, 0.25) is 0 Å². The highest BCUT2D eigenvalue weighted by molar-refractivity contribution is 5.36. The highest BCUT2D eigenvalue weighted by atomic mass is 15.1. The van der Waals surface area contributed by atoms with Crippen molar-refractivity contribution in [1.82, 2.24) is 15.3 Å². The van der Waals surface area contributed by atoms with Gasteiger partial charge in [-0.2, -0.15) is 0 Å². The Morgan fingerprint density at radius 2 is 2.11 bits per heavy atom. The van der Waals surface area contributed by atoms with E-state index in [-0.39, 0.29) is 0 Å². The highest BCUT2D eigenvalue weighted by Crippen LogP contribution is 2.17. The first kappa shape index (κ1) is 11.2. The first-order valence-electron chi connectivity index (χ1n) is 6.16. The van der Waals surface area contributed by atoms with Crippen LogP contribution in [0.15, 0.2) is 30.5 Å². The van der Waals surface area contributed by atoms with Crippen molar-refractivity contribution in [1.29, 1.82) is 0 Å². The van der Waals surface area contributed by atoms with E-state index in [0.717, 1.165) is 25.3 Å². The molecule has 2 N–H and O–H groups in total. The van der Waals surface area contributed by atoms with E-state index in [1.54, 1.807) is 6.20 Å². The molecule has 1 aromatic carbocycles. The summed E-state index contributed by atoms with van der Waals surface area (Å²) in [5.74, 6) is 0.689. The van der Waals surface area contributed by atoms with Crippen LogP contribution in [-0.2, 0) is 19.6 Å². The molecule has 2 aromatic rings.